The van der Waals surface area contributed by atoms with Gasteiger partial charge in [-0.05, 0) is 62.4 Å². The summed E-state index contributed by atoms with van der Waals surface area (Å²) >= 11 is 8.99. The normalized spacial score (nSPS) is 14.6. The Balaban J connectivity index is 1.92. The zero-order valence-electron chi connectivity index (χ0n) is 16.6. The predicted molar refractivity (Wildman–Crippen MR) is 121 cm³/mol. The lowest BCUT2D eigenvalue weighted by Gasteiger charge is -2.18. The van der Waals surface area contributed by atoms with Crippen LogP contribution in [0.4, 0.5) is 0 Å². The van der Waals surface area contributed by atoms with Crippen molar-refractivity contribution in [3.8, 4) is 5.69 Å². The molecule has 2 heterocycles. The second kappa shape index (κ2) is 8.13. The van der Waals surface area contributed by atoms with E-state index in [2.05, 4.69) is 0 Å². The van der Waals surface area contributed by atoms with Crippen molar-refractivity contribution in [2.45, 2.75) is 43.0 Å². The third kappa shape index (κ3) is 3.83. The summed E-state index contributed by atoms with van der Waals surface area (Å²) in [5, 5.41) is 1.51. The van der Waals surface area contributed by atoms with E-state index in [1.54, 1.807) is 47.0 Å². The van der Waals surface area contributed by atoms with Crippen molar-refractivity contribution in [3.63, 3.8) is 0 Å². The molecule has 8 heteroatoms. The van der Waals surface area contributed by atoms with Gasteiger partial charge in [-0.3, -0.25) is 14.2 Å². The van der Waals surface area contributed by atoms with E-state index in [1.165, 1.54) is 16.6 Å². The number of thioether (sulfide) groups is 1. The van der Waals surface area contributed by atoms with Crippen molar-refractivity contribution in [2.24, 2.45) is 0 Å². The van der Waals surface area contributed by atoms with Gasteiger partial charge in [0.2, 0.25) is 5.91 Å². The maximum Gasteiger partial charge on any atom is 0.267 e. The number of aromatic nitrogens is 2. The first kappa shape index (κ1) is 20.4. The number of carbonyl (C=O) groups excluding carboxylic acids is 1. The van der Waals surface area contributed by atoms with Gasteiger partial charge in [-0.25, -0.2) is 4.98 Å². The first-order valence-electron chi connectivity index (χ1n) is 9.58. The summed E-state index contributed by atoms with van der Waals surface area (Å²) in [5.74, 6) is -0.0162. The molecule has 1 aromatic carbocycles. The lowest BCUT2D eigenvalue weighted by atomic mass is 9.97. The highest BCUT2D eigenvalue weighted by Gasteiger charge is 2.25. The Labute approximate surface area is 182 Å². The summed E-state index contributed by atoms with van der Waals surface area (Å²) in [6.45, 7) is 1.84. The SMILES string of the molecule is CC(Sc1nc2sc3c(c2c(=O)n1-c1ccc(Cl)cc1)CCCC3)C(=O)N(C)C. The molecule has 4 rings (SSSR count). The number of amides is 1. The monoisotopic (exact) mass is 447 g/mol. The Morgan fingerprint density at radius 1 is 1.24 bits per heavy atom. The molecule has 1 unspecified atom stereocenters. The van der Waals surface area contributed by atoms with Crippen LogP contribution in [0.3, 0.4) is 0 Å². The Bertz CT molecular complexity index is 1140. The van der Waals surface area contributed by atoms with Crippen LogP contribution < -0.4 is 5.56 Å². The smallest absolute Gasteiger partial charge is 0.267 e. The minimum absolute atomic E-state index is 0.0162. The van der Waals surface area contributed by atoms with Gasteiger partial charge in [-0.2, -0.15) is 0 Å². The number of fused-ring (bicyclic) bond motifs is 3. The van der Waals surface area contributed by atoms with Crippen LogP contribution in [-0.2, 0) is 17.6 Å². The minimum atomic E-state index is -0.359. The van der Waals surface area contributed by atoms with Gasteiger partial charge < -0.3 is 4.90 Å². The standard InChI is InChI=1S/C21H22ClN3O2S2/c1-12(19(26)24(2)3)28-21-23-18-17(15-6-4-5-7-16(15)29-18)20(27)25(21)14-10-8-13(22)9-11-14/h8-12H,4-7H2,1-3H3. The number of hydrogen-bond donors (Lipinski definition) is 0. The van der Waals surface area contributed by atoms with Crippen molar-refractivity contribution >= 4 is 50.8 Å². The Kier molecular flexibility index (Phi) is 5.73. The van der Waals surface area contributed by atoms with Crippen molar-refractivity contribution < 1.29 is 4.79 Å². The molecule has 152 valence electrons. The minimum Gasteiger partial charge on any atom is -0.348 e. The first-order valence-corrected chi connectivity index (χ1v) is 11.6. The molecule has 1 aliphatic rings. The fourth-order valence-corrected chi connectivity index (χ4v) is 6.16. The van der Waals surface area contributed by atoms with Crippen LogP contribution in [0.1, 0.15) is 30.2 Å². The quantitative estimate of drug-likeness (QED) is 0.435. The second-order valence-electron chi connectivity index (χ2n) is 7.40. The predicted octanol–water partition coefficient (Wildman–Crippen LogP) is 4.55. The van der Waals surface area contributed by atoms with Gasteiger partial charge in [0.25, 0.3) is 5.56 Å². The highest BCUT2D eigenvalue weighted by atomic mass is 35.5. The maximum atomic E-state index is 13.6. The molecule has 0 saturated carbocycles. The topological polar surface area (TPSA) is 55.2 Å². The summed E-state index contributed by atoms with van der Waals surface area (Å²) in [5.41, 5.74) is 1.80. The fourth-order valence-electron chi connectivity index (χ4n) is 3.66. The third-order valence-corrected chi connectivity index (χ3v) is 7.59. The van der Waals surface area contributed by atoms with Gasteiger partial charge in [-0.1, -0.05) is 23.4 Å². The number of thiophene rings is 1. The highest BCUT2D eigenvalue weighted by molar-refractivity contribution is 8.00. The second-order valence-corrected chi connectivity index (χ2v) is 10.2. The molecule has 0 saturated heterocycles. The largest absolute Gasteiger partial charge is 0.348 e. The van der Waals surface area contributed by atoms with Crippen molar-refractivity contribution in [1.29, 1.82) is 0 Å². The summed E-state index contributed by atoms with van der Waals surface area (Å²) in [6.07, 6.45) is 4.19. The summed E-state index contributed by atoms with van der Waals surface area (Å²) in [7, 11) is 3.46. The van der Waals surface area contributed by atoms with Crippen molar-refractivity contribution in [2.75, 3.05) is 14.1 Å². The van der Waals surface area contributed by atoms with Gasteiger partial charge in [0.15, 0.2) is 5.16 Å². The van der Waals surface area contributed by atoms with Crippen molar-refractivity contribution in [3.05, 3.63) is 50.1 Å². The molecular formula is C21H22ClN3O2S2. The first-order chi connectivity index (χ1) is 13.9. The fraction of sp³-hybridized carbons (Fsp3) is 0.381. The molecule has 1 amide bonds. The van der Waals surface area contributed by atoms with E-state index in [-0.39, 0.29) is 16.7 Å². The van der Waals surface area contributed by atoms with E-state index in [0.717, 1.165) is 41.5 Å². The number of halogens is 1. The molecule has 0 radical (unpaired) electrons. The van der Waals surface area contributed by atoms with E-state index in [1.807, 2.05) is 19.1 Å². The molecule has 1 atom stereocenters. The van der Waals surface area contributed by atoms with Gasteiger partial charge in [-0.15, -0.1) is 11.3 Å². The Hall–Kier alpha value is -1.83. The molecule has 3 aromatic rings. The van der Waals surface area contributed by atoms with E-state index >= 15 is 0 Å². The van der Waals surface area contributed by atoms with E-state index in [0.29, 0.717) is 15.9 Å². The van der Waals surface area contributed by atoms with Crippen molar-refractivity contribution in [1.82, 2.24) is 14.5 Å². The molecule has 0 fully saturated rings. The zero-order chi connectivity index (χ0) is 20.7. The van der Waals surface area contributed by atoms with Crippen LogP contribution in [0.15, 0.2) is 34.2 Å². The van der Waals surface area contributed by atoms with Crippen LogP contribution in [0, 0.1) is 0 Å². The lowest BCUT2D eigenvalue weighted by Crippen LogP contribution is -2.31. The number of rotatable bonds is 4. The maximum absolute atomic E-state index is 13.6. The Morgan fingerprint density at radius 2 is 1.93 bits per heavy atom. The number of carbonyl (C=O) groups is 1. The zero-order valence-corrected chi connectivity index (χ0v) is 19.0. The highest BCUT2D eigenvalue weighted by Crippen LogP contribution is 2.36. The van der Waals surface area contributed by atoms with Crippen LogP contribution in [0.5, 0.6) is 0 Å². The average molecular weight is 448 g/mol. The molecule has 29 heavy (non-hydrogen) atoms. The van der Waals surface area contributed by atoms with Crippen LogP contribution in [-0.4, -0.2) is 39.7 Å². The van der Waals surface area contributed by atoms with Gasteiger partial charge in [0.1, 0.15) is 4.83 Å². The molecule has 0 N–H and O–H groups in total. The number of aryl methyl sites for hydroxylation is 2. The van der Waals surface area contributed by atoms with Gasteiger partial charge >= 0.3 is 0 Å². The summed E-state index contributed by atoms with van der Waals surface area (Å²) < 4.78 is 1.63. The summed E-state index contributed by atoms with van der Waals surface area (Å²) in [4.78, 5) is 34.5. The number of nitrogens with zero attached hydrogens (tertiary/aromatic N) is 3. The van der Waals surface area contributed by atoms with E-state index < -0.39 is 0 Å². The third-order valence-electron chi connectivity index (χ3n) is 5.11. The van der Waals surface area contributed by atoms with Crippen LogP contribution in [0.25, 0.3) is 15.9 Å². The molecule has 0 aliphatic heterocycles. The molecule has 2 aromatic heterocycles. The summed E-state index contributed by atoms with van der Waals surface area (Å²) in [6, 6.07) is 7.16. The van der Waals surface area contributed by atoms with Gasteiger partial charge in [0, 0.05) is 24.0 Å². The molecule has 5 nitrogen and oxygen atoms in total. The van der Waals surface area contributed by atoms with Gasteiger partial charge in [0.05, 0.1) is 16.3 Å². The van der Waals surface area contributed by atoms with E-state index in [4.69, 9.17) is 16.6 Å². The Morgan fingerprint density at radius 3 is 2.62 bits per heavy atom. The lowest BCUT2D eigenvalue weighted by molar-refractivity contribution is -0.127. The molecule has 0 spiro atoms. The molecule has 1 aliphatic carbocycles. The van der Waals surface area contributed by atoms with Crippen LogP contribution >= 0.6 is 34.7 Å². The number of benzene rings is 1. The van der Waals surface area contributed by atoms with E-state index in [9.17, 15) is 9.59 Å². The molecule has 0 bridgehead atoms. The van der Waals surface area contributed by atoms with Crippen LogP contribution in [0.2, 0.25) is 5.02 Å². The molecular weight excluding hydrogens is 426 g/mol. The average Bonchev–Trinajstić information content (AvgIpc) is 3.07. The number of hydrogen-bond acceptors (Lipinski definition) is 5.